The van der Waals surface area contributed by atoms with E-state index in [2.05, 4.69) is 5.32 Å². The number of hydrogen-bond donors (Lipinski definition) is 2. The smallest absolute Gasteiger partial charge is 0.394 e. The van der Waals surface area contributed by atoms with Crippen molar-refractivity contribution in [1.29, 1.82) is 0 Å². The lowest BCUT2D eigenvalue weighted by molar-refractivity contribution is -0.140. The number of benzene rings is 1. The van der Waals surface area contributed by atoms with Crippen LogP contribution in [0.15, 0.2) is 18.2 Å². The minimum Gasteiger partial charge on any atom is -0.394 e. The fourth-order valence-electron chi connectivity index (χ4n) is 2.39. The van der Waals surface area contributed by atoms with E-state index >= 15 is 0 Å². The van der Waals surface area contributed by atoms with Gasteiger partial charge in [-0.3, -0.25) is 4.90 Å². The van der Waals surface area contributed by atoms with Gasteiger partial charge in [-0.25, -0.2) is 4.39 Å². The summed E-state index contributed by atoms with van der Waals surface area (Å²) >= 11 is 0. The summed E-state index contributed by atoms with van der Waals surface area (Å²) in [5.74, 6) is -1.30. The molecule has 2 N–H and O–H groups in total. The Kier molecular flexibility index (Phi) is 6.40. The van der Waals surface area contributed by atoms with Gasteiger partial charge in [-0.05, 0) is 17.7 Å². The van der Waals surface area contributed by atoms with Crippen molar-refractivity contribution in [2.45, 2.75) is 12.2 Å². The zero-order chi connectivity index (χ0) is 14.8. The molecule has 2 rings (SSSR count). The summed E-state index contributed by atoms with van der Waals surface area (Å²) in [7, 11) is 0. The molecule has 8 heteroatoms. The number of halogens is 5. The number of hydrogen-bond acceptors (Lipinski definition) is 3. The van der Waals surface area contributed by atoms with E-state index in [1.807, 2.05) is 4.90 Å². The molecule has 1 aliphatic heterocycles. The molecule has 0 amide bonds. The van der Waals surface area contributed by atoms with Crippen LogP contribution in [0.25, 0.3) is 0 Å². The predicted octanol–water partition coefficient (Wildman–Crippen LogP) is 2.20. The fraction of sp³-hybridized carbons (Fsp3) is 0.538. The number of rotatable bonds is 3. The normalized spacial score (nSPS) is 18.1. The average Bonchev–Trinajstić information content (AvgIpc) is 2.39. The Morgan fingerprint density at radius 3 is 2.33 bits per heavy atom. The molecule has 0 saturated carbocycles. The van der Waals surface area contributed by atoms with E-state index in [9.17, 15) is 22.7 Å². The Labute approximate surface area is 126 Å². The maximum absolute atomic E-state index is 13.6. The maximum Gasteiger partial charge on any atom is 0.419 e. The molecular weight excluding hydrogens is 312 g/mol. The van der Waals surface area contributed by atoms with Crippen LogP contribution in [0.3, 0.4) is 0 Å². The van der Waals surface area contributed by atoms with E-state index in [4.69, 9.17) is 0 Å². The third-order valence-electron chi connectivity index (χ3n) is 3.45. The van der Waals surface area contributed by atoms with Crippen molar-refractivity contribution in [3.63, 3.8) is 0 Å². The van der Waals surface area contributed by atoms with Gasteiger partial charge < -0.3 is 10.4 Å². The van der Waals surface area contributed by atoms with Crippen molar-refractivity contribution in [2.75, 3.05) is 32.8 Å². The molecule has 1 fully saturated rings. The van der Waals surface area contributed by atoms with Crippen LogP contribution in [0.5, 0.6) is 0 Å². The quantitative estimate of drug-likeness (QED) is 0.835. The van der Waals surface area contributed by atoms with Crippen molar-refractivity contribution in [3.05, 3.63) is 35.1 Å². The van der Waals surface area contributed by atoms with Crippen molar-refractivity contribution in [3.8, 4) is 0 Å². The van der Waals surface area contributed by atoms with Crippen LogP contribution in [-0.4, -0.2) is 42.8 Å². The molecule has 1 atom stereocenters. The van der Waals surface area contributed by atoms with Crippen LogP contribution >= 0.6 is 12.4 Å². The largest absolute Gasteiger partial charge is 0.419 e. The number of alkyl halides is 3. The molecule has 1 aromatic rings. The molecule has 0 radical (unpaired) electrons. The van der Waals surface area contributed by atoms with Gasteiger partial charge in [-0.2, -0.15) is 13.2 Å². The number of aliphatic hydroxyl groups is 1. The molecule has 3 nitrogen and oxygen atoms in total. The van der Waals surface area contributed by atoms with Gasteiger partial charge in [0.2, 0.25) is 0 Å². The average molecular weight is 329 g/mol. The SMILES string of the molecule is Cl.OC[C@H](c1ccc(C(F)(F)F)c(F)c1)N1CCNCC1. The summed E-state index contributed by atoms with van der Waals surface area (Å²) in [6.07, 6.45) is -4.70. The lowest BCUT2D eigenvalue weighted by Gasteiger charge is -2.34. The van der Waals surface area contributed by atoms with E-state index in [0.717, 1.165) is 25.2 Å². The van der Waals surface area contributed by atoms with Crippen LogP contribution in [0.1, 0.15) is 17.2 Å². The first-order valence-electron chi connectivity index (χ1n) is 6.35. The Hall–Kier alpha value is -0.890. The van der Waals surface area contributed by atoms with Crippen LogP contribution < -0.4 is 5.32 Å². The first kappa shape index (κ1) is 18.2. The first-order valence-corrected chi connectivity index (χ1v) is 6.35. The molecule has 120 valence electrons. The summed E-state index contributed by atoms with van der Waals surface area (Å²) in [6, 6.07) is 2.35. The van der Waals surface area contributed by atoms with E-state index in [1.165, 1.54) is 6.07 Å². The zero-order valence-corrected chi connectivity index (χ0v) is 12.0. The molecule has 1 aliphatic rings. The number of piperazine rings is 1. The number of nitrogens with zero attached hydrogens (tertiary/aromatic N) is 1. The maximum atomic E-state index is 13.6. The van der Waals surface area contributed by atoms with Gasteiger partial charge in [-0.1, -0.05) is 6.07 Å². The Bertz CT molecular complexity index is 464. The topological polar surface area (TPSA) is 35.5 Å². The number of aliphatic hydroxyl groups excluding tert-OH is 1. The Morgan fingerprint density at radius 2 is 1.86 bits per heavy atom. The Morgan fingerprint density at radius 1 is 1.24 bits per heavy atom. The van der Waals surface area contributed by atoms with Gasteiger partial charge in [0, 0.05) is 26.2 Å². The monoisotopic (exact) mass is 328 g/mol. The summed E-state index contributed by atoms with van der Waals surface area (Å²) in [5, 5.41) is 12.6. The summed E-state index contributed by atoms with van der Waals surface area (Å²) < 4.78 is 51.1. The van der Waals surface area contributed by atoms with Crippen LogP contribution in [0, 0.1) is 5.82 Å². The van der Waals surface area contributed by atoms with E-state index in [-0.39, 0.29) is 19.0 Å². The third kappa shape index (κ3) is 4.29. The van der Waals surface area contributed by atoms with Crippen molar-refractivity contribution in [2.24, 2.45) is 0 Å². The molecule has 0 unspecified atom stereocenters. The second-order valence-electron chi connectivity index (χ2n) is 4.72. The fourth-order valence-corrected chi connectivity index (χ4v) is 2.39. The molecular formula is C13H17ClF4N2O. The lowest BCUT2D eigenvalue weighted by atomic mass is 10.0. The van der Waals surface area contributed by atoms with Crippen LogP contribution in [-0.2, 0) is 6.18 Å². The minimum atomic E-state index is -4.70. The summed E-state index contributed by atoms with van der Waals surface area (Å²) in [6.45, 7) is 2.53. The molecule has 1 heterocycles. The third-order valence-corrected chi connectivity index (χ3v) is 3.45. The molecule has 0 aromatic heterocycles. The highest BCUT2D eigenvalue weighted by Gasteiger charge is 2.34. The summed E-state index contributed by atoms with van der Waals surface area (Å²) in [5.41, 5.74) is -0.918. The predicted molar refractivity (Wildman–Crippen MR) is 72.9 cm³/mol. The van der Waals surface area contributed by atoms with Gasteiger partial charge in [-0.15, -0.1) is 12.4 Å². The van der Waals surface area contributed by atoms with Gasteiger partial charge in [0.15, 0.2) is 0 Å². The molecule has 1 saturated heterocycles. The highest BCUT2D eigenvalue weighted by atomic mass is 35.5. The van der Waals surface area contributed by atoms with E-state index in [0.29, 0.717) is 18.7 Å². The van der Waals surface area contributed by atoms with Gasteiger partial charge in [0.05, 0.1) is 18.2 Å². The van der Waals surface area contributed by atoms with Crippen molar-refractivity contribution < 1.29 is 22.7 Å². The highest BCUT2D eigenvalue weighted by Crippen LogP contribution is 2.33. The molecule has 0 aliphatic carbocycles. The second-order valence-corrected chi connectivity index (χ2v) is 4.72. The van der Waals surface area contributed by atoms with Crippen molar-refractivity contribution >= 4 is 12.4 Å². The summed E-state index contributed by atoms with van der Waals surface area (Å²) in [4.78, 5) is 1.93. The zero-order valence-electron chi connectivity index (χ0n) is 11.2. The number of nitrogens with one attached hydrogen (secondary N) is 1. The molecule has 1 aromatic carbocycles. The van der Waals surface area contributed by atoms with Gasteiger partial charge in [0.1, 0.15) is 5.82 Å². The first-order chi connectivity index (χ1) is 9.43. The lowest BCUT2D eigenvalue weighted by Crippen LogP contribution is -2.46. The van der Waals surface area contributed by atoms with Crippen molar-refractivity contribution in [1.82, 2.24) is 10.2 Å². The highest BCUT2D eigenvalue weighted by molar-refractivity contribution is 5.85. The minimum absolute atomic E-state index is 0. The Balaban J connectivity index is 0.00000220. The standard InChI is InChI=1S/C13H16F4N2O.ClH/c14-11-7-9(1-2-10(11)13(15,16)17)12(8-20)19-5-3-18-4-6-19;/h1-2,7,12,18,20H,3-6,8H2;1H/t12-;/m1./s1. The van der Waals surface area contributed by atoms with E-state index in [1.54, 1.807) is 0 Å². The molecule has 0 spiro atoms. The van der Waals surface area contributed by atoms with Crippen LogP contribution in [0.4, 0.5) is 17.6 Å². The molecule has 0 bridgehead atoms. The van der Waals surface area contributed by atoms with Crippen LogP contribution in [0.2, 0.25) is 0 Å². The second kappa shape index (κ2) is 7.40. The van der Waals surface area contributed by atoms with E-state index < -0.39 is 23.6 Å². The molecule has 21 heavy (non-hydrogen) atoms. The van der Waals surface area contributed by atoms with Gasteiger partial charge in [0.25, 0.3) is 0 Å². The van der Waals surface area contributed by atoms with Gasteiger partial charge >= 0.3 is 6.18 Å².